The fourth-order valence-electron chi connectivity index (χ4n) is 2.50. The highest BCUT2D eigenvalue weighted by molar-refractivity contribution is 14.0. The molecule has 0 bridgehead atoms. The summed E-state index contributed by atoms with van der Waals surface area (Å²) in [5.74, 6) is 1.65. The minimum Gasteiger partial charge on any atom is -0.492 e. The van der Waals surface area contributed by atoms with Crippen LogP contribution in [0.15, 0.2) is 23.2 Å². The average molecular weight is 476 g/mol. The second-order valence-corrected chi connectivity index (χ2v) is 5.60. The number of guanidine groups is 1. The number of benzene rings is 1. The van der Waals surface area contributed by atoms with Crippen molar-refractivity contribution >= 4 is 41.5 Å². The van der Waals surface area contributed by atoms with Crippen LogP contribution in [0.5, 0.6) is 5.75 Å². The molecule has 0 aliphatic carbocycles. The monoisotopic (exact) mass is 476 g/mol. The van der Waals surface area contributed by atoms with Crippen molar-refractivity contribution in [1.82, 2.24) is 10.6 Å². The number of rotatable bonds is 9. The molecule has 3 N–H and O–H groups in total. The molecule has 8 heteroatoms. The number of aliphatic imine (C=N–C) groups is 1. The summed E-state index contributed by atoms with van der Waals surface area (Å²) >= 11 is 0. The normalized spacial score (nSPS) is 13.3. The van der Waals surface area contributed by atoms with Crippen LogP contribution in [0.4, 0.5) is 5.69 Å². The molecule has 2 rings (SSSR count). The number of carbonyl (C=O) groups is 1. The van der Waals surface area contributed by atoms with Crippen LogP contribution in [0, 0.1) is 0 Å². The maximum Gasteiger partial charge on any atom is 0.224 e. The molecule has 0 spiro atoms. The first-order chi connectivity index (χ1) is 12.2. The molecule has 1 aromatic rings. The lowest BCUT2D eigenvalue weighted by molar-refractivity contribution is -0.116. The van der Waals surface area contributed by atoms with Crippen LogP contribution in [0.1, 0.15) is 25.8 Å². The second-order valence-electron chi connectivity index (χ2n) is 5.60. The Morgan fingerprint density at radius 1 is 1.23 bits per heavy atom. The number of nitrogens with zero attached hydrogens (tertiary/aromatic N) is 1. The molecule has 1 aliphatic heterocycles. The average Bonchev–Trinajstić information content (AvgIpc) is 2.62. The van der Waals surface area contributed by atoms with Crippen molar-refractivity contribution in [1.29, 1.82) is 0 Å². The van der Waals surface area contributed by atoms with E-state index >= 15 is 0 Å². The van der Waals surface area contributed by atoms with Crippen molar-refractivity contribution in [2.75, 3.05) is 44.8 Å². The molecule has 146 valence electrons. The van der Waals surface area contributed by atoms with Crippen molar-refractivity contribution in [2.24, 2.45) is 4.99 Å². The van der Waals surface area contributed by atoms with Gasteiger partial charge in [0.1, 0.15) is 12.4 Å². The Bertz CT molecular complexity index is 596. The topological polar surface area (TPSA) is 84.0 Å². The van der Waals surface area contributed by atoms with Gasteiger partial charge in [0.2, 0.25) is 5.91 Å². The fourth-order valence-corrected chi connectivity index (χ4v) is 2.50. The molecule has 0 fully saturated rings. The lowest BCUT2D eigenvalue weighted by atomic mass is 10.0. The predicted molar refractivity (Wildman–Crippen MR) is 115 cm³/mol. The van der Waals surface area contributed by atoms with Crippen molar-refractivity contribution in [2.45, 2.75) is 26.7 Å². The van der Waals surface area contributed by atoms with E-state index in [-0.39, 0.29) is 29.9 Å². The summed E-state index contributed by atoms with van der Waals surface area (Å²) in [7, 11) is 0. The third-order valence-corrected chi connectivity index (χ3v) is 3.69. The molecule has 1 aliphatic rings. The zero-order chi connectivity index (χ0) is 17.9. The maximum absolute atomic E-state index is 11.4. The van der Waals surface area contributed by atoms with Gasteiger partial charge in [0.25, 0.3) is 0 Å². The first kappa shape index (κ1) is 22.5. The Hall–Kier alpha value is -1.55. The molecule has 1 aromatic carbocycles. The molecule has 0 unspecified atom stereocenters. The van der Waals surface area contributed by atoms with Gasteiger partial charge in [-0.15, -0.1) is 24.0 Å². The van der Waals surface area contributed by atoms with Crippen LogP contribution in [0.3, 0.4) is 0 Å². The van der Waals surface area contributed by atoms with E-state index in [0.29, 0.717) is 39.3 Å². The fraction of sp³-hybridized carbons (Fsp3) is 0.556. The van der Waals surface area contributed by atoms with Crippen LogP contribution < -0.4 is 20.7 Å². The van der Waals surface area contributed by atoms with E-state index in [4.69, 9.17) is 9.47 Å². The second kappa shape index (κ2) is 12.7. The van der Waals surface area contributed by atoms with E-state index in [1.165, 1.54) is 0 Å². The molecule has 0 atom stereocenters. The number of amides is 1. The van der Waals surface area contributed by atoms with Gasteiger partial charge in [0, 0.05) is 25.3 Å². The summed E-state index contributed by atoms with van der Waals surface area (Å²) in [4.78, 5) is 15.8. The SMILES string of the molecule is CCNC(=NCCOCC)NCCOc1ccc2c(c1)CCC(=O)N2.I. The summed E-state index contributed by atoms with van der Waals surface area (Å²) in [5.41, 5.74) is 2.01. The van der Waals surface area contributed by atoms with Gasteiger partial charge in [-0.2, -0.15) is 0 Å². The van der Waals surface area contributed by atoms with Crippen molar-refractivity contribution in [3.05, 3.63) is 23.8 Å². The van der Waals surface area contributed by atoms with Gasteiger partial charge in [-0.25, -0.2) is 0 Å². The van der Waals surface area contributed by atoms with Gasteiger partial charge in [-0.1, -0.05) is 0 Å². The molecule has 0 aromatic heterocycles. The Morgan fingerprint density at radius 2 is 2.08 bits per heavy atom. The van der Waals surface area contributed by atoms with Crippen molar-refractivity contribution in [3.8, 4) is 5.75 Å². The van der Waals surface area contributed by atoms with Gasteiger partial charge in [-0.3, -0.25) is 9.79 Å². The number of fused-ring (bicyclic) bond motifs is 1. The summed E-state index contributed by atoms with van der Waals surface area (Å²) in [6, 6.07) is 5.77. The van der Waals surface area contributed by atoms with E-state index < -0.39 is 0 Å². The van der Waals surface area contributed by atoms with E-state index in [1.807, 2.05) is 32.0 Å². The minimum absolute atomic E-state index is 0. The maximum atomic E-state index is 11.4. The first-order valence-electron chi connectivity index (χ1n) is 8.88. The number of carbonyl (C=O) groups excluding carboxylic acids is 1. The quantitative estimate of drug-likeness (QED) is 0.220. The number of anilines is 1. The number of hydrogen-bond donors (Lipinski definition) is 3. The summed E-state index contributed by atoms with van der Waals surface area (Å²) in [6.45, 7) is 7.93. The number of ether oxygens (including phenoxy) is 2. The molecule has 7 nitrogen and oxygen atoms in total. The molecular formula is C18H29IN4O3. The lowest BCUT2D eigenvalue weighted by Crippen LogP contribution is -2.39. The molecular weight excluding hydrogens is 447 g/mol. The Kier molecular flexibility index (Phi) is 11.0. The lowest BCUT2D eigenvalue weighted by Gasteiger charge is -2.18. The predicted octanol–water partition coefficient (Wildman–Crippen LogP) is 2.16. The highest BCUT2D eigenvalue weighted by Gasteiger charge is 2.14. The minimum atomic E-state index is 0. The summed E-state index contributed by atoms with van der Waals surface area (Å²) < 4.78 is 11.1. The number of hydrogen-bond acceptors (Lipinski definition) is 4. The van der Waals surface area contributed by atoms with Gasteiger partial charge in [0.05, 0.1) is 19.7 Å². The zero-order valence-electron chi connectivity index (χ0n) is 15.5. The molecule has 1 amide bonds. The van der Waals surface area contributed by atoms with Crippen molar-refractivity contribution < 1.29 is 14.3 Å². The van der Waals surface area contributed by atoms with Crippen LogP contribution in [0.25, 0.3) is 0 Å². The Labute approximate surface area is 172 Å². The van der Waals surface area contributed by atoms with Crippen molar-refractivity contribution in [3.63, 3.8) is 0 Å². The molecule has 26 heavy (non-hydrogen) atoms. The molecule has 0 saturated carbocycles. The van der Waals surface area contributed by atoms with Crippen LogP contribution >= 0.6 is 24.0 Å². The smallest absolute Gasteiger partial charge is 0.224 e. The standard InChI is InChI=1S/C18H28N4O3.HI/c1-3-19-18(20-9-11-24-4-2)21-10-12-25-15-6-7-16-14(13-15)5-8-17(23)22-16;/h6-7,13H,3-5,8-12H2,1-2H3,(H,22,23)(H2,19,20,21);1H. The van der Waals surface area contributed by atoms with Gasteiger partial charge >= 0.3 is 0 Å². The first-order valence-corrected chi connectivity index (χ1v) is 8.88. The largest absolute Gasteiger partial charge is 0.492 e. The van der Waals surface area contributed by atoms with Gasteiger partial charge < -0.3 is 25.4 Å². The third kappa shape index (κ3) is 7.77. The van der Waals surface area contributed by atoms with Crippen LogP contribution in [-0.4, -0.2) is 51.3 Å². The highest BCUT2D eigenvalue weighted by atomic mass is 127. The zero-order valence-corrected chi connectivity index (χ0v) is 17.8. The highest BCUT2D eigenvalue weighted by Crippen LogP contribution is 2.26. The van der Waals surface area contributed by atoms with E-state index in [1.54, 1.807) is 0 Å². The van der Waals surface area contributed by atoms with Gasteiger partial charge in [-0.05, 0) is 44.0 Å². The molecule has 1 heterocycles. The van der Waals surface area contributed by atoms with Crippen LogP contribution in [-0.2, 0) is 16.0 Å². The number of nitrogens with one attached hydrogen (secondary N) is 3. The number of halogens is 1. The van der Waals surface area contributed by atoms with Crippen LogP contribution in [0.2, 0.25) is 0 Å². The summed E-state index contributed by atoms with van der Waals surface area (Å²) in [6.07, 6.45) is 1.29. The van der Waals surface area contributed by atoms with Gasteiger partial charge in [0.15, 0.2) is 5.96 Å². The third-order valence-electron chi connectivity index (χ3n) is 3.69. The number of aryl methyl sites for hydroxylation is 1. The molecule has 0 saturated heterocycles. The molecule has 0 radical (unpaired) electrons. The summed E-state index contributed by atoms with van der Waals surface area (Å²) in [5, 5.41) is 9.30. The van der Waals surface area contributed by atoms with E-state index in [0.717, 1.165) is 35.9 Å². The Balaban J connectivity index is 0.00000338. The Morgan fingerprint density at radius 3 is 2.85 bits per heavy atom. The van der Waals surface area contributed by atoms with E-state index in [2.05, 4.69) is 20.9 Å². The van der Waals surface area contributed by atoms with E-state index in [9.17, 15) is 4.79 Å².